The van der Waals surface area contributed by atoms with Gasteiger partial charge in [0.15, 0.2) is 0 Å². The minimum absolute atomic E-state index is 0.478. The molecule has 0 atom stereocenters. The van der Waals surface area contributed by atoms with Gasteiger partial charge in [-0.1, -0.05) is 13.3 Å². The van der Waals surface area contributed by atoms with Gasteiger partial charge in [-0.25, -0.2) is 9.97 Å². The Balaban J connectivity index is 2.14. The summed E-state index contributed by atoms with van der Waals surface area (Å²) >= 11 is 0. The summed E-state index contributed by atoms with van der Waals surface area (Å²) in [5, 5.41) is 3.00. The second kappa shape index (κ2) is 6.15. The number of anilines is 2. The third-order valence-electron chi connectivity index (χ3n) is 2.96. The molecule has 2 rings (SSSR count). The summed E-state index contributed by atoms with van der Waals surface area (Å²) in [6, 6.07) is 2.30. The van der Waals surface area contributed by atoms with Gasteiger partial charge in [0.2, 0.25) is 5.95 Å². The third-order valence-corrected chi connectivity index (χ3v) is 2.96. The topological polar surface area (TPSA) is 42.7 Å². The van der Waals surface area contributed by atoms with Crippen LogP contribution in [0.15, 0.2) is 24.5 Å². The number of halogens is 3. The number of pyridine rings is 1. The molecular weight excluding hydrogens is 281 g/mol. The number of nitrogens with zero attached hydrogens (tertiary/aromatic N) is 3. The molecular formula is C14H17F3N4. The number of aryl methyl sites for hydroxylation is 2. The van der Waals surface area contributed by atoms with Gasteiger partial charge in [-0.15, -0.1) is 0 Å². The second-order valence-corrected chi connectivity index (χ2v) is 4.81. The van der Waals surface area contributed by atoms with Gasteiger partial charge in [0.1, 0.15) is 5.69 Å². The van der Waals surface area contributed by atoms with Gasteiger partial charge in [-0.05, 0) is 25.5 Å². The van der Waals surface area contributed by atoms with E-state index < -0.39 is 11.9 Å². The summed E-state index contributed by atoms with van der Waals surface area (Å²) in [7, 11) is 0. The van der Waals surface area contributed by atoms with Gasteiger partial charge in [-0.2, -0.15) is 13.2 Å². The van der Waals surface area contributed by atoms with Crippen molar-refractivity contribution in [2.24, 2.45) is 0 Å². The van der Waals surface area contributed by atoms with E-state index in [1.54, 1.807) is 0 Å². The molecule has 114 valence electrons. The Bertz CT molecular complexity index is 587. The van der Waals surface area contributed by atoms with Crippen molar-refractivity contribution < 1.29 is 13.2 Å². The van der Waals surface area contributed by atoms with E-state index >= 15 is 0 Å². The highest BCUT2D eigenvalue weighted by molar-refractivity contribution is 5.52. The smallest absolute Gasteiger partial charge is 0.324 e. The van der Waals surface area contributed by atoms with Crippen molar-refractivity contribution in [3.05, 3.63) is 35.9 Å². The van der Waals surface area contributed by atoms with Crippen LogP contribution in [0.4, 0.5) is 24.8 Å². The van der Waals surface area contributed by atoms with Gasteiger partial charge in [0.25, 0.3) is 0 Å². The summed E-state index contributed by atoms with van der Waals surface area (Å²) in [6.07, 6.45) is 0.718. The summed E-state index contributed by atoms with van der Waals surface area (Å²) in [6.45, 7) is 4.78. The number of aromatic nitrogens is 3. The van der Waals surface area contributed by atoms with Crippen molar-refractivity contribution >= 4 is 11.6 Å². The number of unbranched alkanes of at least 4 members (excludes halogenated alkanes) is 1. The highest BCUT2D eigenvalue weighted by Gasteiger charge is 2.32. The molecule has 0 unspecified atom stereocenters. The number of nitrogens with one attached hydrogen (secondary N) is 1. The van der Waals surface area contributed by atoms with Gasteiger partial charge in [0, 0.05) is 12.7 Å². The summed E-state index contributed by atoms with van der Waals surface area (Å²) < 4.78 is 39.3. The Hall–Kier alpha value is -2.05. The molecule has 0 saturated heterocycles. The van der Waals surface area contributed by atoms with Crippen LogP contribution in [0.25, 0.3) is 0 Å². The quantitative estimate of drug-likeness (QED) is 0.901. The van der Waals surface area contributed by atoms with Crippen molar-refractivity contribution in [2.75, 3.05) is 5.32 Å². The van der Waals surface area contributed by atoms with E-state index in [1.807, 2.05) is 17.7 Å². The summed E-state index contributed by atoms with van der Waals surface area (Å²) in [5.74, 6) is 0.613. The number of hydrogen-bond acceptors (Lipinski definition) is 3. The molecule has 1 N–H and O–H groups in total. The molecule has 21 heavy (non-hydrogen) atoms. The molecule has 4 nitrogen and oxygen atoms in total. The fourth-order valence-electron chi connectivity index (χ4n) is 1.91. The minimum Gasteiger partial charge on any atom is -0.324 e. The van der Waals surface area contributed by atoms with Crippen LogP contribution in [0.5, 0.6) is 0 Å². The molecule has 2 heterocycles. The van der Waals surface area contributed by atoms with Crippen molar-refractivity contribution in [3.63, 3.8) is 0 Å². The Morgan fingerprint density at radius 3 is 2.62 bits per heavy atom. The minimum atomic E-state index is -4.42. The highest BCUT2D eigenvalue weighted by atomic mass is 19.4. The molecule has 0 spiro atoms. The molecule has 2 aromatic rings. The fourth-order valence-corrected chi connectivity index (χ4v) is 1.91. The normalized spacial score (nSPS) is 11.7. The molecule has 0 aliphatic rings. The van der Waals surface area contributed by atoms with E-state index in [-0.39, 0.29) is 0 Å². The Kier molecular flexibility index (Phi) is 4.50. The highest BCUT2D eigenvalue weighted by Crippen LogP contribution is 2.28. The standard InChI is InChI=1S/C14H17F3N4/c1-3-4-7-21-9-10(2)19-13(21)20-11-5-6-12(18-8-11)14(15,16)17/h5-6,8-9H,3-4,7H2,1-2H3,(H,19,20). The van der Waals surface area contributed by atoms with Crippen molar-refractivity contribution in [1.29, 1.82) is 0 Å². The average molecular weight is 298 g/mol. The van der Waals surface area contributed by atoms with Crippen LogP contribution < -0.4 is 5.32 Å². The van der Waals surface area contributed by atoms with E-state index in [0.29, 0.717) is 11.6 Å². The maximum Gasteiger partial charge on any atom is 0.433 e. The maximum absolute atomic E-state index is 12.5. The Morgan fingerprint density at radius 1 is 1.29 bits per heavy atom. The average Bonchev–Trinajstić information content (AvgIpc) is 2.76. The first-order valence-electron chi connectivity index (χ1n) is 6.74. The molecule has 0 aromatic carbocycles. The fraction of sp³-hybridized carbons (Fsp3) is 0.429. The Morgan fingerprint density at radius 2 is 2.05 bits per heavy atom. The van der Waals surface area contributed by atoms with Crippen LogP contribution in [0.1, 0.15) is 31.2 Å². The van der Waals surface area contributed by atoms with Gasteiger partial charge in [-0.3, -0.25) is 0 Å². The zero-order valence-electron chi connectivity index (χ0n) is 11.9. The van der Waals surface area contributed by atoms with Crippen LogP contribution in [-0.4, -0.2) is 14.5 Å². The first kappa shape index (κ1) is 15.3. The van der Waals surface area contributed by atoms with Gasteiger partial charge in [0.05, 0.1) is 17.6 Å². The number of alkyl halides is 3. The lowest BCUT2D eigenvalue weighted by molar-refractivity contribution is -0.141. The molecule has 0 radical (unpaired) electrons. The van der Waals surface area contributed by atoms with Crippen LogP contribution in [0.3, 0.4) is 0 Å². The molecule has 0 amide bonds. The first-order valence-corrected chi connectivity index (χ1v) is 6.74. The molecule has 0 bridgehead atoms. The van der Waals surface area contributed by atoms with E-state index in [9.17, 15) is 13.2 Å². The van der Waals surface area contributed by atoms with Gasteiger partial charge >= 0.3 is 6.18 Å². The van der Waals surface area contributed by atoms with E-state index in [1.165, 1.54) is 6.07 Å². The molecule has 0 saturated carbocycles. The molecule has 0 aliphatic heterocycles. The van der Waals surface area contributed by atoms with Crippen molar-refractivity contribution in [1.82, 2.24) is 14.5 Å². The van der Waals surface area contributed by atoms with Gasteiger partial charge < -0.3 is 9.88 Å². The third kappa shape index (κ3) is 3.96. The van der Waals surface area contributed by atoms with Crippen LogP contribution in [0, 0.1) is 6.92 Å². The number of imidazole rings is 1. The van der Waals surface area contributed by atoms with E-state index in [2.05, 4.69) is 22.2 Å². The molecule has 0 aliphatic carbocycles. The molecule has 0 fully saturated rings. The number of rotatable bonds is 5. The summed E-state index contributed by atoms with van der Waals surface area (Å²) in [5.41, 5.74) is 0.429. The SMILES string of the molecule is CCCCn1cc(C)nc1Nc1ccc(C(F)(F)F)nc1. The zero-order valence-corrected chi connectivity index (χ0v) is 11.9. The van der Waals surface area contributed by atoms with E-state index in [4.69, 9.17) is 0 Å². The second-order valence-electron chi connectivity index (χ2n) is 4.81. The van der Waals surface area contributed by atoms with Crippen LogP contribution >= 0.6 is 0 Å². The lowest BCUT2D eigenvalue weighted by atomic mass is 10.3. The lowest BCUT2D eigenvalue weighted by Crippen LogP contribution is -2.08. The van der Waals surface area contributed by atoms with Crippen LogP contribution in [-0.2, 0) is 12.7 Å². The first-order chi connectivity index (χ1) is 9.90. The lowest BCUT2D eigenvalue weighted by Gasteiger charge is -2.10. The Labute approximate surface area is 121 Å². The zero-order chi connectivity index (χ0) is 15.5. The summed E-state index contributed by atoms with van der Waals surface area (Å²) in [4.78, 5) is 7.75. The monoisotopic (exact) mass is 298 g/mol. The molecule has 2 aromatic heterocycles. The van der Waals surface area contributed by atoms with E-state index in [0.717, 1.165) is 37.3 Å². The van der Waals surface area contributed by atoms with Crippen molar-refractivity contribution in [3.8, 4) is 0 Å². The number of hydrogen-bond donors (Lipinski definition) is 1. The largest absolute Gasteiger partial charge is 0.433 e. The predicted octanol–water partition coefficient (Wildman–Crippen LogP) is 4.15. The predicted molar refractivity (Wildman–Crippen MR) is 74.4 cm³/mol. The maximum atomic E-state index is 12.5. The van der Waals surface area contributed by atoms with Crippen LogP contribution in [0.2, 0.25) is 0 Å². The van der Waals surface area contributed by atoms with Crippen molar-refractivity contribution in [2.45, 2.75) is 39.4 Å². The molecule has 7 heteroatoms.